The van der Waals surface area contributed by atoms with Crippen LogP contribution in [-0.2, 0) is 10.0 Å². The summed E-state index contributed by atoms with van der Waals surface area (Å²) in [4.78, 5) is 0. The standard InChI is InChI=1S/C12H11ClFNO5S/c1-2-21(18,19)15-12-10(17)9(16)11(20-12)7-5-6(14)3-4-8(7)13/h3-5,15-17H,2H2,1H3. The maximum atomic E-state index is 13.2. The summed E-state index contributed by atoms with van der Waals surface area (Å²) in [5.41, 5.74) is -0.0218. The summed E-state index contributed by atoms with van der Waals surface area (Å²) in [6.07, 6.45) is 0. The van der Waals surface area contributed by atoms with Crippen LogP contribution in [0.5, 0.6) is 11.5 Å². The van der Waals surface area contributed by atoms with Gasteiger partial charge in [0.2, 0.25) is 21.5 Å². The first-order valence-corrected chi connectivity index (χ1v) is 7.78. The van der Waals surface area contributed by atoms with E-state index in [0.717, 1.165) is 12.1 Å². The van der Waals surface area contributed by atoms with Crippen molar-refractivity contribution >= 4 is 27.5 Å². The molecular weight excluding hydrogens is 325 g/mol. The number of sulfonamides is 1. The van der Waals surface area contributed by atoms with Crippen molar-refractivity contribution in [1.82, 2.24) is 0 Å². The maximum Gasteiger partial charge on any atom is 0.253 e. The lowest BCUT2D eigenvalue weighted by Crippen LogP contribution is -2.14. The Hall–Kier alpha value is -1.93. The number of anilines is 1. The van der Waals surface area contributed by atoms with Gasteiger partial charge < -0.3 is 14.6 Å². The summed E-state index contributed by atoms with van der Waals surface area (Å²) in [5.74, 6) is -3.35. The van der Waals surface area contributed by atoms with Crippen LogP contribution in [0.25, 0.3) is 11.3 Å². The minimum Gasteiger partial charge on any atom is -0.502 e. The molecule has 0 amide bonds. The van der Waals surface area contributed by atoms with Crippen LogP contribution in [0.3, 0.4) is 0 Å². The van der Waals surface area contributed by atoms with Crippen LogP contribution in [0, 0.1) is 5.82 Å². The molecule has 0 saturated carbocycles. The fraction of sp³-hybridized carbons (Fsp3) is 0.167. The lowest BCUT2D eigenvalue weighted by atomic mass is 10.1. The Labute approximate surface area is 124 Å². The van der Waals surface area contributed by atoms with E-state index in [-0.39, 0.29) is 22.1 Å². The van der Waals surface area contributed by atoms with Crippen LogP contribution < -0.4 is 4.72 Å². The topological polar surface area (TPSA) is 99.8 Å². The summed E-state index contributed by atoms with van der Waals surface area (Å²) >= 11 is 5.87. The van der Waals surface area contributed by atoms with E-state index >= 15 is 0 Å². The highest BCUT2D eigenvalue weighted by Crippen LogP contribution is 2.47. The van der Waals surface area contributed by atoms with Gasteiger partial charge in [-0.15, -0.1) is 0 Å². The van der Waals surface area contributed by atoms with Gasteiger partial charge in [0.05, 0.1) is 10.8 Å². The van der Waals surface area contributed by atoms with Crippen LogP contribution in [0.15, 0.2) is 22.6 Å². The van der Waals surface area contributed by atoms with E-state index in [2.05, 4.69) is 0 Å². The van der Waals surface area contributed by atoms with E-state index < -0.39 is 33.2 Å². The van der Waals surface area contributed by atoms with Crippen molar-refractivity contribution in [3.8, 4) is 22.8 Å². The fourth-order valence-electron chi connectivity index (χ4n) is 1.55. The molecule has 0 saturated heterocycles. The average molecular weight is 336 g/mol. The van der Waals surface area contributed by atoms with Crippen LogP contribution in [-0.4, -0.2) is 24.4 Å². The molecule has 6 nitrogen and oxygen atoms in total. The van der Waals surface area contributed by atoms with Gasteiger partial charge in [-0.05, 0) is 25.1 Å². The zero-order chi connectivity index (χ0) is 15.8. The molecule has 2 aromatic rings. The number of aromatic hydroxyl groups is 2. The largest absolute Gasteiger partial charge is 0.502 e. The maximum absolute atomic E-state index is 13.2. The van der Waals surface area contributed by atoms with Crippen molar-refractivity contribution in [3.05, 3.63) is 29.0 Å². The third-order valence-corrected chi connectivity index (χ3v) is 4.25. The molecule has 2 rings (SSSR count). The van der Waals surface area contributed by atoms with Crippen LogP contribution in [0.1, 0.15) is 6.92 Å². The molecule has 114 valence electrons. The number of hydrogen-bond donors (Lipinski definition) is 3. The fourth-order valence-corrected chi connectivity index (χ4v) is 2.32. The molecule has 1 heterocycles. The van der Waals surface area contributed by atoms with E-state index in [1.165, 1.54) is 13.0 Å². The van der Waals surface area contributed by atoms with E-state index in [9.17, 15) is 23.0 Å². The van der Waals surface area contributed by atoms with E-state index in [1.807, 2.05) is 4.72 Å². The van der Waals surface area contributed by atoms with Crippen LogP contribution in [0.2, 0.25) is 5.02 Å². The number of nitrogens with one attached hydrogen (secondary N) is 1. The average Bonchev–Trinajstić information content (AvgIpc) is 2.69. The van der Waals surface area contributed by atoms with Crippen molar-refractivity contribution in [1.29, 1.82) is 0 Å². The minimum atomic E-state index is -3.72. The molecule has 0 atom stereocenters. The van der Waals surface area contributed by atoms with Gasteiger partial charge in [0.15, 0.2) is 5.76 Å². The highest BCUT2D eigenvalue weighted by atomic mass is 35.5. The molecule has 0 fully saturated rings. The smallest absolute Gasteiger partial charge is 0.253 e. The second-order valence-corrected chi connectivity index (χ2v) is 6.51. The highest BCUT2D eigenvalue weighted by Gasteiger charge is 2.25. The molecule has 0 aliphatic rings. The highest BCUT2D eigenvalue weighted by molar-refractivity contribution is 7.92. The molecule has 0 aliphatic heterocycles. The molecule has 0 radical (unpaired) electrons. The second-order valence-electron chi connectivity index (χ2n) is 4.09. The minimum absolute atomic E-state index is 0.0218. The van der Waals surface area contributed by atoms with Gasteiger partial charge in [-0.2, -0.15) is 0 Å². The van der Waals surface area contributed by atoms with Crippen molar-refractivity contribution < 1.29 is 27.4 Å². The molecule has 3 N–H and O–H groups in total. The second kappa shape index (κ2) is 5.45. The molecule has 9 heteroatoms. The van der Waals surface area contributed by atoms with Gasteiger partial charge in [0.25, 0.3) is 5.88 Å². The Morgan fingerprint density at radius 2 is 2.00 bits per heavy atom. The number of benzene rings is 1. The van der Waals surface area contributed by atoms with Crippen LogP contribution in [0.4, 0.5) is 10.3 Å². The predicted molar refractivity (Wildman–Crippen MR) is 75.5 cm³/mol. The summed E-state index contributed by atoms with van der Waals surface area (Å²) < 4.78 is 43.2. The zero-order valence-corrected chi connectivity index (χ0v) is 12.3. The van der Waals surface area contributed by atoms with Gasteiger partial charge in [0.1, 0.15) is 5.82 Å². The van der Waals surface area contributed by atoms with Gasteiger partial charge in [-0.3, -0.25) is 0 Å². The van der Waals surface area contributed by atoms with E-state index in [4.69, 9.17) is 16.0 Å². The van der Waals surface area contributed by atoms with Gasteiger partial charge in [-0.1, -0.05) is 11.6 Å². The van der Waals surface area contributed by atoms with Crippen molar-refractivity contribution in [2.75, 3.05) is 10.5 Å². The van der Waals surface area contributed by atoms with Crippen molar-refractivity contribution in [3.63, 3.8) is 0 Å². The Morgan fingerprint density at radius 1 is 1.33 bits per heavy atom. The number of furan rings is 1. The summed E-state index contributed by atoms with van der Waals surface area (Å²) in [6, 6.07) is 3.33. The van der Waals surface area contributed by atoms with Gasteiger partial charge in [0, 0.05) is 5.56 Å². The Kier molecular flexibility index (Phi) is 4.02. The molecule has 0 unspecified atom stereocenters. The Balaban J connectivity index is 2.55. The first kappa shape index (κ1) is 15.5. The Morgan fingerprint density at radius 3 is 2.62 bits per heavy atom. The quantitative estimate of drug-likeness (QED) is 0.797. The monoisotopic (exact) mass is 335 g/mol. The molecule has 0 bridgehead atoms. The van der Waals surface area contributed by atoms with Crippen molar-refractivity contribution in [2.45, 2.75) is 6.92 Å². The SMILES string of the molecule is CCS(=O)(=O)Nc1oc(-c2cc(F)ccc2Cl)c(O)c1O. The molecular formula is C12H11ClFNO5S. The van der Waals surface area contributed by atoms with Crippen LogP contribution >= 0.6 is 11.6 Å². The normalized spacial score (nSPS) is 11.6. The third kappa shape index (κ3) is 3.06. The lowest BCUT2D eigenvalue weighted by molar-refractivity contribution is 0.410. The number of halogens is 2. The number of hydrogen-bond acceptors (Lipinski definition) is 5. The number of rotatable bonds is 4. The first-order chi connectivity index (χ1) is 9.75. The van der Waals surface area contributed by atoms with Gasteiger partial charge >= 0.3 is 0 Å². The first-order valence-electron chi connectivity index (χ1n) is 5.75. The summed E-state index contributed by atoms with van der Waals surface area (Å²) in [7, 11) is -3.72. The lowest BCUT2D eigenvalue weighted by Gasteiger charge is -2.02. The summed E-state index contributed by atoms with van der Waals surface area (Å²) in [6.45, 7) is 1.38. The van der Waals surface area contributed by atoms with Crippen molar-refractivity contribution in [2.24, 2.45) is 0 Å². The third-order valence-electron chi connectivity index (χ3n) is 2.66. The molecule has 21 heavy (non-hydrogen) atoms. The van der Waals surface area contributed by atoms with E-state index in [1.54, 1.807) is 0 Å². The Bertz CT molecular complexity index is 787. The molecule has 0 spiro atoms. The predicted octanol–water partition coefficient (Wildman–Crippen LogP) is 2.91. The van der Waals surface area contributed by atoms with E-state index in [0.29, 0.717) is 0 Å². The zero-order valence-electron chi connectivity index (χ0n) is 10.7. The van der Waals surface area contributed by atoms with Gasteiger partial charge in [-0.25, -0.2) is 17.5 Å². The summed E-state index contributed by atoms with van der Waals surface area (Å²) in [5, 5.41) is 19.5. The molecule has 0 aliphatic carbocycles. The molecule has 1 aromatic carbocycles. The molecule has 1 aromatic heterocycles.